The molecule has 0 radical (unpaired) electrons. The molecule has 4 rings (SSSR count). The fourth-order valence-electron chi connectivity index (χ4n) is 2.91. The number of nitrogens with one attached hydrogen (secondary N) is 2. The van der Waals surface area contributed by atoms with Crippen LogP contribution >= 0.6 is 0 Å². The number of rotatable bonds is 2. The number of H-pyrrole nitrogens is 2. The van der Waals surface area contributed by atoms with Crippen molar-refractivity contribution >= 4 is 11.0 Å². The molecular formula is C16H15N3O. The average Bonchev–Trinajstić information content (AvgIpc) is 2.80. The summed E-state index contributed by atoms with van der Waals surface area (Å²) in [5, 5.41) is 8.49. The van der Waals surface area contributed by atoms with Crippen molar-refractivity contribution in [3.05, 3.63) is 52.4 Å². The predicted molar refractivity (Wildman–Crippen MR) is 78.7 cm³/mol. The molecule has 1 aromatic carbocycles. The van der Waals surface area contributed by atoms with Gasteiger partial charge in [-0.15, -0.1) is 0 Å². The second kappa shape index (κ2) is 4.34. The molecule has 2 heterocycles. The van der Waals surface area contributed by atoms with Gasteiger partial charge in [-0.1, -0.05) is 36.8 Å². The van der Waals surface area contributed by atoms with Crippen LogP contribution in [0.1, 0.15) is 30.9 Å². The van der Waals surface area contributed by atoms with Gasteiger partial charge in [-0.2, -0.15) is 5.10 Å². The average molecular weight is 265 g/mol. The van der Waals surface area contributed by atoms with Crippen LogP contribution in [-0.2, 0) is 0 Å². The van der Waals surface area contributed by atoms with Gasteiger partial charge < -0.3 is 4.98 Å². The first-order valence-corrected chi connectivity index (χ1v) is 6.99. The van der Waals surface area contributed by atoms with E-state index in [9.17, 15) is 4.79 Å². The van der Waals surface area contributed by atoms with E-state index < -0.39 is 0 Å². The third-order valence-electron chi connectivity index (χ3n) is 4.18. The van der Waals surface area contributed by atoms with E-state index in [-0.39, 0.29) is 5.56 Å². The molecule has 1 fully saturated rings. The van der Waals surface area contributed by atoms with Crippen LogP contribution in [0.15, 0.2) is 41.2 Å². The number of nitrogens with zero attached hydrogens (tertiary/aromatic N) is 1. The molecular weight excluding hydrogens is 250 g/mol. The minimum atomic E-state index is -0.108. The van der Waals surface area contributed by atoms with Crippen LogP contribution in [0.5, 0.6) is 0 Å². The Balaban J connectivity index is 2.02. The molecule has 0 saturated heterocycles. The van der Waals surface area contributed by atoms with Crippen molar-refractivity contribution in [1.29, 1.82) is 0 Å². The first-order chi connectivity index (χ1) is 9.83. The van der Waals surface area contributed by atoms with Gasteiger partial charge in [-0.25, -0.2) is 0 Å². The normalized spacial score (nSPS) is 15.4. The highest BCUT2D eigenvalue weighted by Gasteiger charge is 2.25. The van der Waals surface area contributed by atoms with E-state index in [0.717, 1.165) is 16.5 Å². The lowest BCUT2D eigenvalue weighted by Crippen LogP contribution is -2.10. The van der Waals surface area contributed by atoms with Gasteiger partial charge in [0.25, 0.3) is 0 Å². The van der Waals surface area contributed by atoms with Crippen molar-refractivity contribution in [3.63, 3.8) is 0 Å². The second-order valence-corrected chi connectivity index (χ2v) is 5.40. The molecule has 20 heavy (non-hydrogen) atoms. The molecule has 2 N–H and O–H groups in total. The van der Waals surface area contributed by atoms with Gasteiger partial charge >= 0.3 is 0 Å². The summed E-state index contributed by atoms with van der Waals surface area (Å²) in [6.07, 6.45) is 3.67. The Kier molecular flexibility index (Phi) is 2.49. The predicted octanol–water partition coefficient (Wildman–Crippen LogP) is 3.19. The largest absolute Gasteiger partial charge is 0.305 e. The van der Waals surface area contributed by atoms with Crippen molar-refractivity contribution in [2.24, 2.45) is 0 Å². The first-order valence-electron chi connectivity index (χ1n) is 6.99. The van der Waals surface area contributed by atoms with Gasteiger partial charge in [0, 0.05) is 23.1 Å². The zero-order valence-electron chi connectivity index (χ0n) is 11.0. The van der Waals surface area contributed by atoms with Crippen LogP contribution < -0.4 is 5.56 Å². The number of aromatic nitrogens is 3. The standard InChI is InChI=1S/C16H15N3O/c20-13-9-12(10-5-2-1-3-6-10)14-15(11-7-4-8-11)18-19-16(14)17-13/h1-3,5-6,9,11H,4,7-8H2,(H2,17,18,19,20). The quantitative estimate of drug-likeness (QED) is 0.747. The number of aromatic amines is 2. The highest BCUT2D eigenvalue weighted by molar-refractivity contribution is 5.94. The fraction of sp³-hybridized carbons (Fsp3) is 0.250. The lowest BCUT2D eigenvalue weighted by molar-refractivity contribution is 0.413. The summed E-state index contributed by atoms with van der Waals surface area (Å²) in [5.74, 6) is 0.549. The Hall–Kier alpha value is -2.36. The Morgan fingerprint density at radius 2 is 1.95 bits per heavy atom. The Morgan fingerprint density at radius 1 is 1.15 bits per heavy atom. The van der Waals surface area contributed by atoms with Gasteiger partial charge in [0.05, 0.1) is 0 Å². The maximum Gasteiger partial charge on any atom is 0.250 e. The SMILES string of the molecule is O=c1cc(-c2ccccc2)c2c(C3CCC3)[nH]nc2[nH]1. The van der Waals surface area contributed by atoms with E-state index >= 15 is 0 Å². The molecule has 1 saturated carbocycles. The minimum Gasteiger partial charge on any atom is -0.305 e. The summed E-state index contributed by atoms with van der Waals surface area (Å²) in [6, 6.07) is 11.7. The van der Waals surface area contributed by atoms with Gasteiger partial charge in [0.15, 0.2) is 5.65 Å². The molecule has 4 nitrogen and oxygen atoms in total. The molecule has 4 heteroatoms. The third kappa shape index (κ3) is 1.68. The Labute approximate surface area is 115 Å². The molecule has 100 valence electrons. The van der Waals surface area contributed by atoms with E-state index in [0.29, 0.717) is 11.6 Å². The third-order valence-corrected chi connectivity index (χ3v) is 4.18. The van der Waals surface area contributed by atoms with Gasteiger partial charge in [0.1, 0.15) is 0 Å². The molecule has 0 aliphatic heterocycles. The molecule has 0 bridgehead atoms. The van der Waals surface area contributed by atoms with Crippen LogP contribution in [0.3, 0.4) is 0 Å². The molecule has 1 aliphatic rings. The smallest absolute Gasteiger partial charge is 0.250 e. The maximum absolute atomic E-state index is 11.8. The van der Waals surface area contributed by atoms with E-state index in [2.05, 4.69) is 15.2 Å². The van der Waals surface area contributed by atoms with Gasteiger partial charge in [-0.3, -0.25) is 9.89 Å². The zero-order chi connectivity index (χ0) is 13.5. The van der Waals surface area contributed by atoms with Crippen molar-refractivity contribution in [2.75, 3.05) is 0 Å². The van der Waals surface area contributed by atoms with Gasteiger partial charge in [0.2, 0.25) is 5.56 Å². The van der Waals surface area contributed by atoms with E-state index in [1.807, 2.05) is 30.3 Å². The van der Waals surface area contributed by atoms with Crippen molar-refractivity contribution in [1.82, 2.24) is 15.2 Å². The van der Waals surface area contributed by atoms with E-state index in [1.165, 1.54) is 25.0 Å². The lowest BCUT2D eigenvalue weighted by atomic mass is 9.81. The molecule has 0 atom stereocenters. The van der Waals surface area contributed by atoms with Crippen LogP contribution in [0.4, 0.5) is 0 Å². The summed E-state index contributed by atoms with van der Waals surface area (Å²) in [6.45, 7) is 0. The number of hydrogen-bond acceptors (Lipinski definition) is 2. The Bertz CT molecular complexity index is 813. The van der Waals surface area contributed by atoms with E-state index in [1.54, 1.807) is 6.07 Å². The maximum atomic E-state index is 11.8. The van der Waals surface area contributed by atoms with Gasteiger partial charge in [-0.05, 0) is 24.0 Å². The fourth-order valence-corrected chi connectivity index (χ4v) is 2.91. The van der Waals surface area contributed by atoms with Crippen molar-refractivity contribution in [2.45, 2.75) is 25.2 Å². The second-order valence-electron chi connectivity index (χ2n) is 5.40. The van der Waals surface area contributed by atoms with Crippen LogP contribution in [-0.4, -0.2) is 15.2 Å². The molecule has 1 aliphatic carbocycles. The summed E-state index contributed by atoms with van der Waals surface area (Å²) < 4.78 is 0. The monoisotopic (exact) mass is 265 g/mol. The summed E-state index contributed by atoms with van der Waals surface area (Å²) in [4.78, 5) is 14.7. The molecule has 0 spiro atoms. The van der Waals surface area contributed by atoms with E-state index in [4.69, 9.17) is 0 Å². The number of pyridine rings is 1. The highest BCUT2D eigenvalue weighted by atomic mass is 16.1. The molecule has 0 amide bonds. The van der Waals surface area contributed by atoms with Crippen molar-refractivity contribution < 1.29 is 0 Å². The van der Waals surface area contributed by atoms with Crippen LogP contribution in [0, 0.1) is 0 Å². The van der Waals surface area contributed by atoms with Crippen LogP contribution in [0.2, 0.25) is 0 Å². The number of benzene rings is 1. The first kappa shape index (κ1) is 11.5. The summed E-state index contributed by atoms with van der Waals surface area (Å²) >= 11 is 0. The van der Waals surface area contributed by atoms with Crippen LogP contribution in [0.25, 0.3) is 22.2 Å². The number of fused-ring (bicyclic) bond motifs is 1. The topological polar surface area (TPSA) is 61.5 Å². The minimum absolute atomic E-state index is 0.108. The zero-order valence-corrected chi connectivity index (χ0v) is 11.0. The number of hydrogen-bond donors (Lipinski definition) is 2. The molecule has 0 unspecified atom stereocenters. The highest BCUT2D eigenvalue weighted by Crippen LogP contribution is 2.40. The lowest BCUT2D eigenvalue weighted by Gasteiger charge is -2.24. The van der Waals surface area contributed by atoms with Crippen molar-refractivity contribution in [3.8, 4) is 11.1 Å². The molecule has 3 aromatic rings. The summed E-state index contributed by atoms with van der Waals surface area (Å²) in [7, 11) is 0. The summed E-state index contributed by atoms with van der Waals surface area (Å²) in [5.41, 5.74) is 3.76. The Morgan fingerprint density at radius 3 is 2.65 bits per heavy atom. The molecule has 2 aromatic heterocycles.